The summed E-state index contributed by atoms with van der Waals surface area (Å²) in [5.41, 5.74) is 0.456. The lowest BCUT2D eigenvalue weighted by molar-refractivity contribution is 0.369. The first kappa shape index (κ1) is 8.91. The molecule has 0 amide bonds. The number of halogens is 3. The van der Waals surface area contributed by atoms with Gasteiger partial charge in [0.2, 0.25) is 0 Å². The van der Waals surface area contributed by atoms with Gasteiger partial charge in [0.25, 0.3) is 0 Å². The highest BCUT2D eigenvalue weighted by molar-refractivity contribution is 6.30. The summed E-state index contributed by atoms with van der Waals surface area (Å²) in [7, 11) is 0. The van der Waals surface area contributed by atoms with Crippen LogP contribution in [0, 0.1) is 11.6 Å². The Labute approximate surface area is 79.7 Å². The molecule has 1 aliphatic heterocycles. The van der Waals surface area contributed by atoms with Gasteiger partial charge in [-0.2, -0.15) is 0 Å². The first-order valence-electron chi connectivity index (χ1n) is 4.07. The molecule has 4 heteroatoms. The van der Waals surface area contributed by atoms with E-state index >= 15 is 0 Å². The van der Waals surface area contributed by atoms with Crippen molar-refractivity contribution in [2.45, 2.75) is 12.5 Å². The zero-order chi connectivity index (χ0) is 9.42. The van der Waals surface area contributed by atoms with Crippen molar-refractivity contribution < 1.29 is 8.78 Å². The van der Waals surface area contributed by atoms with Crippen LogP contribution in [0.15, 0.2) is 12.1 Å². The van der Waals surface area contributed by atoms with Gasteiger partial charge in [-0.1, -0.05) is 17.7 Å². The Morgan fingerprint density at radius 1 is 1.38 bits per heavy atom. The third-order valence-electron chi connectivity index (χ3n) is 2.26. The normalized spacial score (nSPS) is 21.3. The Kier molecular flexibility index (Phi) is 2.22. The molecule has 0 saturated carbocycles. The highest BCUT2D eigenvalue weighted by atomic mass is 35.5. The van der Waals surface area contributed by atoms with Crippen molar-refractivity contribution in [1.82, 2.24) is 5.32 Å². The summed E-state index contributed by atoms with van der Waals surface area (Å²) < 4.78 is 26.1. The third kappa shape index (κ3) is 1.42. The lowest BCUT2D eigenvalue weighted by Gasteiger charge is -2.28. The molecule has 1 aromatic carbocycles. The predicted molar refractivity (Wildman–Crippen MR) is 46.7 cm³/mol. The fourth-order valence-corrected chi connectivity index (χ4v) is 1.54. The minimum absolute atomic E-state index is 0.00176. The molecule has 0 radical (unpaired) electrons. The van der Waals surface area contributed by atoms with Gasteiger partial charge in [0.05, 0.1) is 0 Å². The summed E-state index contributed by atoms with van der Waals surface area (Å²) in [5, 5.41) is 2.62. The zero-order valence-corrected chi connectivity index (χ0v) is 7.54. The van der Waals surface area contributed by atoms with Gasteiger partial charge in [-0.05, 0) is 19.0 Å². The number of hydrogen-bond donors (Lipinski definition) is 1. The van der Waals surface area contributed by atoms with E-state index in [1.54, 1.807) is 0 Å². The highest BCUT2D eigenvalue weighted by Gasteiger charge is 2.23. The maximum Gasteiger partial charge on any atom is 0.149 e. The standard InChI is InChI=1S/C9H8ClF2N/c10-8-6(11)2-1-5(9(8)12)7-3-4-13-7/h1-2,7,13H,3-4H2/t7-/m1/s1. The quantitative estimate of drug-likeness (QED) is 0.692. The van der Waals surface area contributed by atoms with Gasteiger partial charge in [-0.3, -0.25) is 0 Å². The molecule has 0 aromatic heterocycles. The summed E-state index contributed by atoms with van der Waals surface area (Å²) in [6.45, 7) is 0.874. The minimum atomic E-state index is -0.706. The Morgan fingerprint density at radius 2 is 2.08 bits per heavy atom. The summed E-state index contributed by atoms with van der Waals surface area (Å²) in [5.74, 6) is -1.35. The molecule has 13 heavy (non-hydrogen) atoms. The van der Waals surface area contributed by atoms with Gasteiger partial charge in [0, 0.05) is 11.6 Å². The smallest absolute Gasteiger partial charge is 0.149 e. The third-order valence-corrected chi connectivity index (χ3v) is 2.61. The summed E-state index contributed by atoms with van der Waals surface area (Å²) in [6, 6.07) is 2.63. The molecule has 1 N–H and O–H groups in total. The van der Waals surface area contributed by atoms with E-state index < -0.39 is 16.7 Å². The molecule has 1 atom stereocenters. The van der Waals surface area contributed by atoms with E-state index in [9.17, 15) is 8.78 Å². The molecule has 1 fully saturated rings. The van der Waals surface area contributed by atoms with Gasteiger partial charge >= 0.3 is 0 Å². The average Bonchev–Trinajstić information content (AvgIpc) is 2.03. The molecular formula is C9H8ClF2N. The van der Waals surface area contributed by atoms with Gasteiger partial charge in [-0.25, -0.2) is 8.78 Å². The van der Waals surface area contributed by atoms with Crippen LogP contribution >= 0.6 is 11.6 Å². The Bertz CT molecular complexity index is 337. The van der Waals surface area contributed by atoms with E-state index in [4.69, 9.17) is 11.6 Å². The van der Waals surface area contributed by atoms with Crippen LogP contribution in [0.1, 0.15) is 18.0 Å². The molecule has 0 spiro atoms. The maximum absolute atomic E-state index is 13.3. The Balaban J connectivity index is 2.41. The van der Waals surface area contributed by atoms with Crippen LogP contribution < -0.4 is 5.32 Å². The van der Waals surface area contributed by atoms with Crippen molar-refractivity contribution in [1.29, 1.82) is 0 Å². The van der Waals surface area contributed by atoms with Crippen LogP contribution in [0.2, 0.25) is 5.02 Å². The molecule has 0 aliphatic carbocycles. The molecule has 0 bridgehead atoms. The lowest BCUT2D eigenvalue weighted by Crippen LogP contribution is -2.35. The SMILES string of the molecule is Fc1ccc([C@H]2CCN2)c(F)c1Cl. The Hall–Kier alpha value is -0.670. The predicted octanol–water partition coefficient (Wildman–Crippen LogP) is 2.65. The van der Waals surface area contributed by atoms with Crippen molar-refractivity contribution >= 4 is 11.6 Å². The fraction of sp³-hybridized carbons (Fsp3) is 0.333. The summed E-state index contributed by atoms with van der Waals surface area (Å²) in [6.07, 6.45) is 0.874. The van der Waals surface area contributed by atoms with Gasteiger partial charge in [0.1, 0.15) is 16.7 Å². The molecule has 1 aromatic rings. The van der Waals surface area contributed by atoms with E-state index in [0.29, 0.717) is 5.56 Å². The van der Waals surface area contributed by atoms with E-state index in [1.165, 1.54) is 12.1 Å². The maximum atomic E-state index is 13.3. The largest absolute Gasteiger partial charge is 0.310 e. The second-order valence-electron chi connectivity index (χ2n) is 3.06. The van der Waals surface area contributed by atoms with Crippen LogP contribution in [-0.2, 0) is 0 Å². The van der Waals surface area contributed by atoms with Crippen LogP contribution in [-0.4, -0.2) is 6.54 Å². The molecule has 1 heterocycles. The van der Waals surface area contributed by atoms with E-state index in [1.807, 2.05) is 0 Å². The number of hydrogen-bond acceptors (Lipinski definition) is 1. The van der Waals surface area contributed by atoms with Gasteiger partial charge in [0.15, 0.2) is 0 Å². The first-order valence-corrected chi connectivity index (χ1v) is 4.44. The van der Waals surface area contributed by atoms with E-state index in [2.05, 4.69) is 5.32 Å². The fourth-order valence-electron chi connectivity index (χ4n) is 1.36. The molecular weight excluding hydrogens is 196 g/mol. The molecule has 2 rings (SSSR count). The highest BCUT2D eigenvalue weighted by Crippen LogP contribution is 2.30. The minimum Gasteiger partial charge on any atom is -0.310 e. The van der Waals surface area contributed by atoms with Crippen LogP contribution in [0.4, 0.5) is 8.78 Å². The zero-order valence-electron chi connectivity index (χ0n) is 6.78. The van der Waals surface area contributed by atoms with Gasteiger partial charge in [-0.15, -0.1) is 0 Å². The second kappa shape index (κ2) is 3.24. The van der Waals surface area contributed by atoms with Gasteiger partial charge < -0.3 is 5.32 Å². The number of benzene rings is 1. The van der Waals surface area contributed by atoms with Crippen molar-refractivity contribution in [3.8, 4) is 0 Å². The monoisotopic (exact) mass is 203 g/mol. The van der Waals surface area contributed by atoms with Crippen molar-refractivity contribution in [3.05, 3.63) is 34.4 Å². The van der Waals surface area contributed by atoms with Crippen molar-refractivity contribution in [2.75, 3.05) is 6.54 Å². The molecule has 0 unspecified atom stereocenters. The Morgan fingerprint density at radius 3 is 2.62 bits per heavy atom. The molecule has 1 saturated heterocycles. The van der Waals surface area contributed by atoms with E-state index in [0.717, 1.165) is 13.0 Å². The van der Waals surface area contributed by atoms with Crippen LogP contribution in [0.3, 0.4) is 0 Å². The first-order chi connectivity index (χ1) is 6.20. The topological polar surface area (TPSA) is 12.0 Å². The van der Waals surface area contributed by atoms with Crippen molar-refractivity contribution in [2.24, 2.45) is 0 Å². The second-order valence-corrected chi connectivity index (χ2v) is 3.44. The number of rotatable bonds is 1. The summed E-state index contributed by atoms with van der Waals surface area (Å²) in [4.78, 5) is 0. The lowest BCUT2D eigenvalue weighted by atomic mass is 9.97. The van der Waals surface area contributed by atoms with E-state index in [-0.39, 0.29) is 6.04 Å². The molecule has 70 valence electrons. The van der Waals surface area contributed by atoms with Crippen molar-refractivity contribution in [3.63, 3.8) is 0 Å². The number of nitrogens with one attached hydrogen (secondary N) is 1. The molecule has 1 nitrogen and oxygen atoms in total. The summed E-state index contributed by atoms with van der Waals surface area (Å²) >= 11 is 5.43. The van der Waals surface area contributed by atoms with Crippen LogP contribution in [0.5, 0.6) is 0 Å². The van der Waals surface area contributed by atoms with Crippen LogP contribution in [0.25, 0.3) is 0 Å². The molecule has 1 aliphatic rings. The average molecular weight is 204 g/mol.